The molecule has 2 aromatic rings. The predicted molar refractivity (Wildman–Crippen MR) is 85.6 cm³/mol. The van der Waals surface area contributed by atoms with Gasteiger partial charge < -0.3 is 4.74 Å². The van der Waals surface area contributed by atoms with Crippen molar-refractivity contribution in [1.82, 2.24) is 5.43 Å². The molecule has 112 valence electrons. The second kappa shape index (κ2) is 7.54. The van der Waals surface area contributed by atoms with E-state index < -0.39 is 0 Å². The van der Waals surface area contributed by atoms with Crippen molar-refractivity contribution in [3.8, 4) is 5.75 Å². The Morgan fingerprint density at radius 3 is 2.52 bits per heavy atom. The maximum atomic E-state index is 13.2. The van der Waals surface area contributed by atoms with Gasteiger partial charge in [-0.1, -0.05) is 18.2 Å². The van der Waals surface area contributed by atoms with Crippen molar-refractivity contribution in [2.24, 2.45) is 5.84 Å². The molecule has 21 heavy (non-hydrogen) atoms. The van der Waals surface area contributed by atoms with E-state index in [2.05, 4.69) is 21.4 Å². The standard InChI is InChI=1S/C16H18BrFN2O/c1-21-14-4-2-3-11(9-14)7-13(20-19)8-12-5-6-16(18)15(17)10-12/h2-6,9-10,13,20H,7-8,19H2,1H3. The molecule has 1 atom stereocenters. The van der Waals surface area contributed by atoms with Gasteiger partial charge in [0, 0.05) is 6.04 Å². The Hall–Kier alpha value is -1.43. The van der Waals surface area contributed by atoms with Gasteiger partial charge in [-0.25, -0.2) is 4.39 Å². The van der Waals surface area contributed by atoms with Crippen LogP contribution in [0.1, 0.15) is 11.1 Å². The number of rotatable bonds is 6. The van der Waals surface area contributed by atoms with Gasteiger partial charge in [0.05, 0.1) is 11.6 Å². The molecule has 1 unspecified atom stereocenters. The van der Waals surface area contributed by atoms with E-state index in [1.54, 1.807) is 19.2 Å². The fourth-order valence-electron chi connectivity index (χ4n) is 2.23. The molecule has 0 aliphatic heterocycles. The van der Waals surface area contributed by atoms with Crippen molar-refractivity contribution in [1.29, 1.82) is 0 Å². The van der Waals surface area contributed by atoms with E-state index in [4.69, 9.17) is 10.6 Å². The lowest BCUT2D eigenvalue weighted by Crippen LogP contribution is -2.38. The van der Waals surface area contributed by atoms with E-state index in [0.717, 1.165) is 23.3 Å². The van der Waals surface area contributed by atoms with Gasteiger partial charge in [-0.05, 0) is 64.2 Å². The molecule has 0 spiro atoms. The zero-order valence-corrected chi connectivity index (χ0v) is 13.4. The van der Waals surface area contributed by atoms with E-state index in [9.17, 15) is 4.39 Å². The Balaban J connectivity index is 2.07. The van der Waals surface area contributed by atoms with Crippen LogP contribution >= 0.6 is 15.9 Å². The zero-order valence-electron chi connectivity index (χ0n) is 11.8. The van der Waals surface area contributed by atoms with Gasteiger partial charge in [0.25, 0.3) is 0 Å². The smallest absolute Gasteiger partial charge is 0.137 e. The van der Waals surface area contributed by atoms with Crippen LogP contribution < -0.4 is 16.0 Å². The minimum Gasteiger partial charge on any atom is -0.497 e. The fourth-order valence-corrected chi connectivity index (χ4v) is 2.65. The summed E-state index contributed by atoms with van der Waals surface area (Å²) in [5.41, 5.74) is 4.98. The Morgan fingerprint density at radius 2 is 1.90 bits per heavy atom. The topological polar surface area (TPSA) is 47.3 Å². The number of nitrogens with one attached hydrogen (secondary N) is 1. The molecule has 3 N–H and O–H groups in total. The van der Waals surface area contributed by atoms with Crippen molar-refractivity contribution < 1.29 is 9.13 Å². The molecule has 3 nitrogen and oxygen atoms in total. The van der Waals surface area contributed by atoms with Gasteiger partial charge in [-0.15, -0.1) is 0 Å². The average molecular weight is 353 g/mol. The molecular formula is C16H18BrFN2O. The zero-order chi connectivity index (χ0) is 15.2. The van der Waals surface area contributed by atoms with Crippen LogP contribution in [0.25, 0.3) is 0 Å². The van der Waals surface area contributed by atoms with E-state index >= 15 is 0 Å². The summed E-state index contributed by atoms with van der Waals surface area (Å²) in [7, 11) is 1.65. The molecule has 0 bridgehead atoms. The minimum atomic E-state index is -0.260. The monoisotopic (exact) mass is 352 g/mol. The quantitative estimate of drug-likeness (QED) is 0.619. The summed E-state index contributed by atoms with van der Waals surface area (Å²) in [5.74, 6) is 6.21. The van der Waals surface area contributed by atoms with Crippen LogP contribution in [0.3, 0.4) is 0 Å². The number of methoxy groups -OCH3 is 1. The number of benzene rings is 2. The van der Waals surface area contributed by atoms with E-state index in [-0.39, 0.29) is 11.9 Å². The molecule has 0 aliphatic rings. The normalized spacial score (nSPS) is 12.2. The molecule has 2 rings (SSSR count). The Labute approximate surface area is 132 Å². The molecule has 0 heterocycles. The summed E-state index contributed by atoms with van der Waals surface area (Å²) in [6.07, 6.45) is 1.48. The second-order valence-electron chi connectivity index (χ2n) is 4.87. The van der Waals surface area contributed by atoms with Crippen LogP contribution in [0.5, 0.6) is 5.75 Å². The number of hydrazine groups is 1. The van der Waals surface area contributed by atoms with Crippen molar-refractivity contribution in [2.75, 3.05) is 7.11 Å². The van der Waals surface area contributed by atoms with E-state index in [1.165, 1.54) is 6.07 Å². The average Bonchev–Trinajstić information content (AvgIpc) is 2.50. The van der Waals surface area contributed by atoms with E-state index in [0.29, 0.717) is 10.9 Å². The first-order valence-electron chi connectivity index (χ1n) is 6.65. The van der Waals surface area contributed by atoms with Crippen molar-refractivity contribution >= 4 is 15.9 Å². The maximum absolute atomic E-state index is 13.2. The number of nitrogens with two attached hydrogens (primary N) is 1. The lowest BCUT2D eigenvalue weighted by Gasteiger charge is -2.17. The van der Waals surface area contributed by atoms with Crippen LogP contribution in [0.2, 0.25) is 0 Å². The Bertz CT molecular complexity index is 607. The molecule has 0 amide bonds. The van der Waals surface area contributed by atoms with Gasteiger partial charge in [-0.2, -0.15) is 0 Å². The van der Waals surface area contributed by atoms with Gasteiger partial charge in [0.1, 0.15) is 11.6 Å². The molecule has 5 heteroatoms. The van der Waals surface area contributed by atoms with Gasteiger partial charge in [0.15, 0.2) is 0 Å². The SMILES string of the molecule is COc1cccc(CC(Cc2ccc(F)c(Br)c2)NN)c1. The number of hydrogen-bond acceptors (Lipinski definition) is 3. The first kappa shape index (κ1) is 15.9. The summed E-state index contributed by atoms with van der Waals surface area (Å²) in [6, 6.07) is 13.0. The lowest BCUT2D eigenvalue weighted by atomic mass is 9.99. The molecule has 2 aromatic carbocycles. The first-order valence-corrected chi connectivity index (χ1v) is 7.44. The molecular weight excluding hydrogens is 335 g/mol. The number of halogens is 2. The summed E-state index contributed by atoms with van der Waals surface area (Å²) in [4.78, 5) is 0. The third-order valence-electron chi connectivity index (χ3n) is 3.32. The molecule has 0 fully saturated rings. The van der Waals surface area contributed by atoms with Crippen molar-refractivity contribution in [3.05, 3.63) is 63.9 Å². The molecule has 0 saturated carbocycles. The highest BCUT2D eigenvalue weighted by atomic mass is 79.9. The van der Waals surface area contributed by atoms with Gasteiger partial charge in [-0.3, -0.25) is 11.3 Å². The minimum absolute atomic E-state index is 0.0643. The fraction of sp³-hybridized carbons (Fsp3) is 0.250. The molecule has 0 radical (unpaired) electrons. The summed E-state index contributed by atoms with van der Waals surface area (Å²) >= 11 is 3.20. The summed E-state index contributed by atoms with van der Waals surface area (Å²) in [5, 5.41) is 0. The Kier molecular flexibility index (Phi) is 5.73. The molecule has 0 aromatic heterocycles. The third-order valence-corrected chi connectivity index (χ3v) is 3.93. The third kappa shape index (κ3) is 4.52. The highest BCUT2D eigenvalue weighted by molar-refractivity contribution is 9.10. The van der Waals surface area contributed by atoms with Crippen molar-refractivity contribution in [3.63, 3.8) is 0 Å². The lowest BCUT2D eigenvalue weighted by molar-refractivity contribution is 0.413. The van der Waals surface area contributed by atoms with Crippen LogP contribution in [0, 0.1) is 5.82 Å². The van der Waals surface area contributed by atoms with Crippen LogP contribution in [-0.4, -0.2) is 13.2 Å². The first-order chi connectivity index (χ1) is 10.1. The summed E-state index contributed by atoms with van der Waals surface area (Å²) < 4.78 is 18.9. The molecule has 0 saturated heterocycles. The largest absolute Gasteiger partial charge is 0.497 e. The van der Waals surface area contributed by atoms with Gasteiger partial charge in [0.2, 0.25) is 0 Å². The van der Waals surface area contributed by atoms with Gasteiger partial charge >= 0.3 is 0 Å². The number of ether oxygens (including phenoxy) is 1. The highest BCUT2D eigenvalue weighted by Gasteiger charge is 2.11. The Morgan fingerprint density at radius 1 is 1.19 bits per heavy atom. The van der Waals surface area contributed by atoms with Crippen LogP contribution in [-0.2, 0) is 12.8 Å². The highest BCUT2D eigenvalue weighted by Crippen LogP contribution is 2.19. The maximum Gasteiger partial charge on any atom is 0.137 e. The second-order valence-corrected chi connectivity index (χ2v) is 5.73. The number of hydrogen-bond donors (Lipinski definition) is 2. The van der Waals surface area contributed by atoms with Crippen molar-refractivity contribution in [2.45, 2.75) is 18.9 Å². The van der Waals surface area contributed by atoms with E-state index in [1.807, 2.05) is 24.3 Å². The van der Waals surface area contributed by atoms with Crippen LogP contribution in [0.15, 0.2) is 46.9 Å². The molecule has 0 aliphatic carbocycles. The predicted octanol–water partition coefficient (Wildman–Crippen LogP) is 3.21. The summed E-state index contributed by atoms with van der Waals surface area (Å²) in [6.45, 7) is 0. The van der Waals surface area contributed by atoms with Crippen LogP contribution in [0.4, 0.5) is 4.39 Å².